The van der Waals surface area contributed by atoms with Gasteiger partial charge in [-0.05, 0) is 72.7 Å². The van der Waals surface area contributed by atoms with Gasteiger partial charge in [-0.1, -0.05) is 0 Å². The first-order valence-corrected chi connectivity index (χ1v) is 11.8. The first kappa shape index (κ1) is 26.3. The Morgan fingerprint density at radius 1 is 1.18 bits per heavy atom. The number of hydrogen-bond donors (Lipinski definition) is 1. The van der Waals surface area contributed by atoms with Gasteiger partial charge >= 0.3 is 11.9 Å². The van der Waals surface area contributed by atoms with E-state index in [1.807, 2.05) is 28.7 Å². The van der Waals surface area contributed by atoms with Crippen LogP contribution in [0.4, 0.5) is 0 Å². The number of nitriles is 1. The highest BCUT2D eigenvalue weighted by molar-refractivity contribution is 14.1. The number of Topliss-reactive ketones (excluding diaryl/α,β-unsaturated/α-hetero) is 1. The number of esters is 2. The number of halogens is 1. The lowest BCUT2D eigenvalue weighted by atomic mass is 10.0. The third-order valence-electron chi connectivity index (χ3n) is 4.48. The van der Waals surface area contributed by atoms with Crippen LogP contribution in [-0.4, -0.2) is 43.2 Å². The average molecular weight is 583 g/mol. The third-order valence-corrected chi connectivity index (χ3v) is 6.58. The molecule has 0 bridgehead atoms. The van der Waals surface area contributed by atoms with Gasteiger partial charge in [0.15, 0.2) is 17.3 Å². The van der Waals surface area contributed by atoms with Crippen LogP contribution >= 0.6 is 33.9 Å². The number of methoxy groups -OCH3 is 1. The molecule has 10 heteroatoms. The van der Waals surface area contributed by atoms with Crippen LogP contribution in [0.25, 0.3) is 6.08 Å². The molecule has 0 unspecified atom stereocenters. The van der Waals surface area contributed by atoms with E-state index in [1.54, 1.807) is 26.8 Å². The second-order valence-corrected chi connectivity index (χ2v) is 8.89. The van der Waals surface area contributed by atoms with Crippen molar-refractivity contribution >= 4 is 57.7 Å². The van der Waals surface area contributed by atoms with Crippen LogP contribution in [0.15, 0.2) is 17.7 Å². The Morgan fingerprint density at radius 2 is 1.82 bits per heavy atom. The molecule has 33 heavy (non-hydrogen) atoms. The predicted octanol–water partition coefficient (Wildman–Crippen LogP) is 4.45. The molecule has 2 rings (SSSR count). The van der Waals surface area contributed by atoms with Gasteiger partial charge < -0.3 is 19.3 Å². The van der Waals surface area contributed by atoms with E-state index in [9.17, 15) is 24.8 Å². The summed E-state index contributed by atoms with van der Waals surface area (Å²) in [6.45, 7) is 5.20. The molecule has 0 aliphatic heterocycles. The number of nitrogens with zero attached hydrogens (tertiary/aromatic N) is 1. The molecule has 0 saturated carbocycles. The number of benzene rings is 1. The van der Waals surface area contributed by atoms with Crippen LogP contribution in [0.2, 0.25) is 0 Å². The topological polar surface area (TPSA) is 123 Å². The summed E-state index contributed by atoms with van der Waals surface area (Å²) in [5.74, 6) is -1.62. The number of ether oxygens (including phenoxy) is 3. The summed E-state index contributed by atoms with van der Waals surface area (Å²) in [4.78, 5) is 38.3. The summed E-state index contributed by atoms with van der Waals surface area (Å²) in [6, 6.07) is 4.98. The molecule has 0 saturated heterocycles. The van der Waals surface area contributed by atoms with Crippen molar-refractivity contribution in [3.05, 3.63) is 47.7 Å². The SMILES string of the molecule is CCOC(=O)c1sc(CC(=O)/C(C#N)=C/c2cc(I)c(O)c(OC)c2)c(C(=O)OCC)c1C. The normalized spacial score (nSPS) is 11.0. The van der Waals surface area contributed by atoms with Gasteiger partial charge in [0.2, 0.25) is 0 Å². The highest BCUT2D eigenvalue weighted by atomic mass is 127. The van der Waals surface area contributed by atoms with E-state index in [1.165, 1.54) is 19.3 Å². The van der Waals surface area contributed by atoms with Crippen LogP contribution in [0.3, 0.4) is 0 Å². The number of allylic oxidation sites excluding steroid dienone is 1. The lowest BCUT2D eigenvalue weighted by molar-refractivity contribution is -0.114. The number of carbonyl (C=O) groups excluding carboxylic acids is 3. The third kappa shape index (κ3) is 6.11. The Hall–Kier alpha value is -2.91. The zero-order valence-electron chi connectivity index (χ0n) is 18.5. The minimum absolute atomic E-state index is 0.0419. The van der Waals surface area contributed by atoms with Crippen LogP contribution < -0.4 is 4.74 Å². The number of phenols is 1. The maximum absolute atomic E-state index is 13.0. The molecule has 0 radical (unpaired) electrons. The van der Waals surface area contributed by atoms with E-state index >= 15 is 0 Å². The molecule has 2 aromatic rings. The van der Waals surface area contributed by atoms with Gasteiger partial charge in [-0.2, -0.15) is 5.26 Å². The summed E-state index contributed by atoms with van der Waals surface area (Å²) in [7, 11) is 1.39. The Labute approximate surface area is 208 Å². The summed E-state index contributed by atoms with van der Waals surface area (Å²) in [5.41, 5.74) is 0.840. The zero-order chi connectivity index (χ0) is 24.7. The molecule has 0 aliphatic rings. The van der Waals surface area contributed by atoms with E-state index < -0.39 is 17.7 Å². The second-order valence-electron chi connectivity index (χ2n) is 6.62. The molecule has 0 fully saturated rings. The van der Waals surface area contributed by atoms with Crippen molar-refractivity contribution in [1.29, 1.82) is 5.26 Å². The van der Waals surface area contributed by atoms with Crippen LogP contribution in [-0.2, 0) is 20.7 Å². The van der Waals surface area contributed by atoms with Gasteiger partial charge in [-0.15, -0.1) is 11.3 Å². The van der Waals surface area contributed by atoms with E-state index in [0.29, 0.717) is 19.6 Å². The van der Waals surface area contributed by atoms with Crippen molar-refractivity contribution in [2.45, 2.75) is 27.2 Å². The second kappa shape index (κ2) is 11.8. The van der Waals surface area contributed by atoms with Crippen LogP contribution in [0.5, 0.6) is 11.5 Å². The number of carbonyl (C=O) groups is 3. The number of rotatable bonds is 9. The van der Waals surface area contributed by atoms with Gasteiger partial charge in [-0.25, -0.2) is 9.59 Å². The van der Waals surface area contributed by atoms with Gasteiger partial charge in [-0.3, -0.25) is 4.79 Å². The molecule has 1 N–H and O–H groups in total. The predicted molar refractivity (Wildman–Crippen MR) is 131 cm³/mol. The van der Waals surface area contributed by atoms with Crippen molar-refractivity contribution in [2.75, 3.05) is 20.3 Å². The van der Waals surface area contributed by atoms with E-state index in [-0.39, 0.29) is 47.1 Å². The fourth-order valence-electron chi connectivity index (χ4n) is 2.98. The minimum atomic E-state index is -0.648. The number of aromatic hydroxyl groups is 1. The lowest BCUT2D eigenvalue weighted by Crippen LogP contribution is -2.12. The smallest absolute Gasteiger partial charge is 0.348 e. The number of hydrogen-bond acceptors (Lipinski definition) is 9. The van der Waals surface area contributed by atoms with Gasteiger partial charge in [0.25, 0.3) is 0 Å². The first-order chi connectivity index (χ1) is 15.7. The van der Waals surface area contributed by atoms with Crippen molar-refractivity contribution in [3.8, 4) is 17.6 Å². The Kier molecular flexibility index (Phi) is 9.43. The average Bonchev–Trinajstić information content (AvgIpc) is 3.10. The number of thiophene rings is 1. The minimum Gasteiger partial charge on any atom is -0.504 e. The molecule has 1 aromatic heterocycles. The zero-order valence-corrected chi connectivity index (χ0v) is 21.5. The van der Waals surface area contributed by atoms with Crippen LogP contribution in [0, 0.1) is 21.8 Å². The monoisotopic (exact) mass is 583 g/mol. The molecule has 174 valence electrons. The molecule has 1 aromatic carbocycles. The van der Waals surface area contributed by atoms with E-state index in [4.69, 9.17) is 14.2 Å². The summed E-state index contributed by atoms with van der Waals surface area (Å²) in [6.07, 6.45) is 1.11. The highest BCUT2D eigenvalue weighted by Gasteiger charge is 2.28. The maximum atomic E-state index is 13.0. The first-order valence-electron chi connectivity index (χ1n) is 9.86. The molecule has 1 heterocycles. The summed E-state index contributed by atoms with van der Waals surface area (Å²) < 4.78 is 15.8. The fourth-order valence-corrected chi connectivity index (χ4v) is 4.79. The molecular formula is C23H22INO7S. The van der Waals surface area contributed by atoms with Crippen molar-refractivity contribution < 1.29 is 33.7 Å². The fraction of sp³-hybridized carbons (Fsp3) is 0.304. The van der Waals surface area contributed by atoms with Crippen LogP contribution in [0.1, 0.15) is 49.9 Å². The van der Waals surface area contributed by atoms with Gasteiger partial charge in [0.1, 0.15) is 10.9 Å². The highest BCUT2D eigenvalue weighted by Crippen LogP contribution is 2.34. The molecule has 0 spiro atoms. The quantitative estimate of drug-likeness (QED) is 0.199. The molecule has 0 atom stereocenters. The van der Waals surface area contributed by atoms with E-state index in [2.05, 4.69) is 0 Å². The molecule has 8 nitrogen and oxygen atoms in total. The standard InChI is InChI=1S/C23H22INO7S/c1-5-31-22(28)19-12(3)21(23(29)32-6-2)33-18(19)10-16(26)14(11-25)7-13-8-15(24)20(27)17(9-13)30-4/h7-9,27H,5-6,10H2,1-4H3/b14-7+. The number of ketones is 1. The van der Waals surface area contributed by atoms with E-state index in [0.717, 1.165) is 11.3 Å². The largest absolute Gasteiger partial charge is 0.504 e. The molecule has 0 amide bonds. The Balaban J connectivity index is 2.47. The van der Waals surface area contributed by atoms with Gasteiger partial charge in [0, 0.05) is 11.3 Å². The summed E-state index contributed by atoms with van der Waals surface area (Å²) in [5, 5.41) is 19.6. The van der Waals surface area contributed by atoms with Crippen molar-refractivity contribution in [1.82, 2.24) is 0 Å². The Bertz CT molecular complexity index is 1160. The summed E-state index contributed by atoms with van der Waals surface area (Å²) >= 11 is 2.89. The lowest BCUT2D eigenvalue weighted by Gasteiger charge is -2.07. The molecular weight excluding hydrogens is 561 g/mol. The van der Waals surface area contributed by atoms with Crippen molar-refractivity contribution in [2.24, 2.45) is 0 Å². The van der Waals surface area contributed by atoms with Gasteiger partial charge in [0.05, 0.1) is 35.0 Å². The Morgan fingerprint density at radius 3 is 2.39 bits per heavy atom. The maximum Gasteiger partial charge on any atom is 0.348 e. The van der Waals surface area contributed by atoms with Crippen molar-refractivity contribution in [3.63, 3.8) is 0 Å². The number of phenolic OH excluding ortho intramolecular Hbond substituents is 1. The molecule has 0 aliphatic carbocycles.